The summed E-state index contributed by atoms with van der Waals surface area (Å²) in [6, 6.07) is 6.36. The van der Waals surface area contributed by atoms with Crippen LogP contribution in [0.1, 0.15) is 39.0 Å². The first kappa shape index (κ1) is 21.0. The van der Waals surface area contributed by atoms with E-state index in [0.29, 0.717) is 26.4 Å². The van der Waals surface area contributed by atoms with E-state index in [4.69, 9.17) is 0 Å². The summed E-state index contributed by atoms with van der Waals surface area (Å²) in [6.07, 6.45) is -3.02. The van der Waals surface area contributed by atoms with Gasteiger partial charge in [-0.1, -0.05) is 13.0 Å². The monoisotopic (exact) mass is 461 g/mol. The number of thiophene rings is 2. The first-order valence-electron chi connectivity index (χ1n) is 9.08. The Labute approximate surface area is 182 Å². The lowest BCUT2D eigenvalue weighted by Crippen LogP contribution is -2.15. The van der Waals surface area contributed by atoms with Crippen LogP contribution in [-0.4, -0.2) is 20.5 Å². The summed E-state index contributed by atoms with van der Waals surface area (Å²) in [5.41, 5.74) is -0.0616. The molecule has 4 aromatic heterocycles. The number of alkyl halides is 3. The maximum Gasteiger partial charge on any atom is 0.433 e. The fourth-order valence-corrected chi connectivity index (χ4v) is 5.03. The van der Waals surface area contributed by atoms with E-state index >= 15 is 0 Å². The first-order chi connectivity index (χ1) is 14.7. The third-order valence-electron chi connectivity index (χ3n) is 4.68. The minimum absolute atomic E-state index is 0.0994. The molecular weight excluding hydrogens is 447 g/mol. The molecule has 0 aromatic carbocycles. The minimum Gasteiger partial charge on any atom is -0.312 e. The fourth-order valence-electron chi connectivity index (χ4n) is 3.26. The van der Waals surface area contributed by atoms with Crippen molar-refractivity contribution in [2.45, 2.75) is 26.4 Å². The number of halogens is 3. The summed E-state index contributed by atoms with van der Waals surface area (Å²) < 4.78 is 41.6. The van der Waals surface area contributed by atoms with Gasteiger partial charge < -0.3 is 5.32 Å². The summed E-state index contributed by atoms with van der Waals surface area (Å²) in [5.74, 6) is -0.681. The maximum absolute atomic E-state index is 13.7. The van der Waals surface area contributed by atoms with Crippen molar-refractivity contribution in [1.82, 2.24) is 14.6 Å². The third-order valence-corrected chi connectivity index (χ3v) is 6.64. The van der Waals surface area contributed by atoms with Crippen LogP contribution in [0.4, 0.5) is 18.2 Å². The molecule has 0 saturated heterocycles. The van der Waals surface area contributed by atoms with Crippen LogP contribution in [0.3, 0.4) is 0 Å². The Balaban J connectivity index is 1.83. The molecule has 0 bridgehead atoms. The second kappa shape index (κ2) is 7.79. The number of rotatable bonds is 4. The Hall–Kier alpha value is -3.23. The molecule has 0 aliphatic rings. The molecule has 11 heteroatoms. The number of amides is 1. The molecule has 0 atom stereocenters. The van der Waals surface area contributed by atoms with Gasteiger partial charge in [0.15, 0.2) is 11.3 Å². The van der Waals surface area contributed by atoms with Gasteiger partial charge >= 0.3 is 6.18 Å². The zero-order valence-corrected chi connectivity index (χ0v) is 17.9. The van der Waals surface area contributed by atoms with E-state index in [2.05, 4.69) is 21.5 Å². The van der Waals surface area contributed by atoms with E-state index in [-0.39, 0.29) is 16.9 Å². The van der Waals surface area contributed by atoms with E-state index in [1.165, 1.54) is 22.7 Å². The number of nitrogens with one attached hydrogen (secondary N) is 1. The SMILES string of the molecule is CCc1c(C)sc(NC(=O)c2cnn3c(C(F)(F)F)cc(-c4cccs4)nc23)c1C#N. The van der Waals surface area contributed by atoms with Gasteiger partial charge in [-0.15, -0.1) is 22.7 Å². The summed E-state index contributed by atoms with van der Waals surface area (Å²) >= 11 is 2.49. The number of nitriles is 1. The second-order valence-corrected chi connectivity index (χ2v) is 8.73. The quantitative estimate of drug-likeness (QED) is 0.433. The van der Waals surface area contributed by atoms with E-state index in [1.807, 2.05) is 13.8 Å². The zero-order valence-electron chi connectivity index (χ0n) is 16.2. The van der Waals surface area contributed by atoms with Crippen LogP contribution in [-0.2, 0) is 12.6 Å². The first-order valence-corrected chi connectivity index (χ1v) is 10.8. The van der Waals surface area contributed by atoms with Gasteiger partial charge in [-0.2, -0.15) is 23.5 Å². The highest BCUT2D eigenvalue weighted by Crippen LogP contribution is 2.35. The lowest BCUT2D eigenvalue weighted by Gasteiger charge is -2.11. The second-order valence-electron chi connectivity index (χ2n) is 6.56. The Bertz CT molecular complexity index is 1330. The topological polar surface area (TPSA) is 83.1 Å². The van der Waals surface area contributed by atoms with E-state index < -0.39 is 17.8 Å². The number of fused-ring (bicyclic) bond motifs is 1. The number of aromatic nitrogens is 3. The van der Waals surface area contributed by atoms with Crippen molar-refractivity contribution in [3.05, 3.63) is 57.0 Å². The van der Waals surface area contributed by atoms with Crippen molar-refractivity contribution >= 4 is 39.2 Å². The highest BCUT2D eigenvalue weighted by Gasteiger charge is 2.36. The molecule has 4 rings (SSSR count). The van der Waals surface area contributed by atoms with Crippen LogP contribution >= 0.6 is 22.7 Å². The lowest BCUT2D eigenvalue weighted by atomic mass is 10.1. The highest BCUT2D eigenvalue weighted by atomic mass is 32.1. The predicted octanol–water partition coefficient (Wildman–Crippen LogP) is 5.53. The van der Waals surface area contributed by atoms with Crippen molar-refractivity contribution in [2.24, 2.45) is 0 Å². The number of hydrogen-bond donors (Lipinski definition) is 1. The van der Waals surface area contributed by atoms with Crippen LogP contribution in [0.25, 0.3) is 16.2 Å². The third kappa shape index (κ3) is 3.68. The molecule has 0 aliphatic heterocycles. The summed E-state index contributed by atoms with van der Waals surface area (Å²) in [5, 5.41) is 18.0. The molecule has 0 fully saturated rings. The lowest BCUT2D eigenvalue weighted by molar-refractivity contribution is -0.142. The van der Waals surface area contributed by atoms with E-state index in [1.54, 1.807) is 17.5 Å². The van der Waals surface area contributed by atoms with Gasteiger partial charge in [-0.25, -0.2) is 9.50 Å². The minimum atomic E-state index is -4.69. The smallest absolute Gasteiger partial charge is 0.312 e. The molecule has 1 amide bonds. The average Bonchev–Trinajstić information content (AvgIpc) is 3.44. The summed E-state index contributed by atoms with van der Waals surface area (Å²) in [6.45, 7) is 3.75. The molecule has 4 aromatic rings. The Morgan fingerprint density at radius 2 is 2.16 bits per heavy atom. The van der Waals surface area contributed by atoms with Crippen LogP contribution < -0.4 is 5.32 Å². The van der Waals surface area contributed by atoms with Crippen molar-refractivity contribution in [1.29, 1.82) is 5.26 Å². The van der Waals surface area contributed by atoms with Crippen LogP contribution in [0.2, 0.25) is 0 Å². The largest absolute Gasteiger partial charge is 0.433 e. The van der Waals surface area contributed by atoms with E-state index in [9.17, 15) is 23.2 Å². The Morgan fingerprint density at radius 3 is 2.77 bits per heavy atom. The molecule has 31 heavy (non-hydrogen) atoms. The number of carbonyl (C=O) groups excluding carboxylic acids is 1. The van der Waals surface area contributed by atoms with Gasteiger partial charge in [0.25, 0.3) is 5.91 Å². The molecular formula is C20H14F3N5OS2. The molecule has 0 spiro atoms. The Morgan fingerprint density at radius 1 is 1.39 bits per heavy atom. The Kier molecular flexibility index (Phi) is 5.28. The van der Waals surface area contributed by atoms with Crippen LogP contribution in [0.15, 0.2) is 29.8 Å². The summed E-state index contributed by atoms with van der Waals surface area (Å²) in [4.78, 5) is 18.7. The number of aryl methyl sites for hydroxylation is 1. The van der Waals surface area contributed by atoms with E-state index in [0.717, 1.165) is 22.7 Å². The average molecular weight is 461 g/mol. The van der Waals surface area contributed by atoms with Crippen LogP contribution in [0, 0.1) is 18.3 Å². The van der Waals surface area contributed by atoms with Crippen LogP contribution in [0.5, 0.6) is 0 Å². The number of anilines is 1. The molecule has 158 valence electrons. The standard InChI is InChI=1S/C20H14F3N5OS2/c1-3-11-10(2)31-19(12(11)8-24)27-18(29)13-9-25-28-16(20(21,22)23)7-14(26-17(13)28)15-5-4-6-30-15/h4-7,9H,3H2,1-2H3,(H,27,29). The highest BCUT2D eigenvalue weighted by molar-refractivity contribution is 7.16. The van der Waals surface area contributed by atoms with Gasteiger partial charge in [0.05, 0.1) is 22.3 Å². The number of nitrogens with zero attached hydrogens (tertiary/aromatic N) is 4. The summed E-state index contributed by atoms with van der Waals surface area (Å²) in [7, 11) is 0. The molecule has 0 saturated carbocycles. The van der Waals surface area contributed by atoms with Gasteiger partial charge in [0.1, 0.15) is 16.6 Å². The van der Waals surface area contributed by atoms with Gasteiger partial charge in [-0.05, 0) is 36.4 Å². The van der Waals surface area contributed by atoms with Gasteiger partial charge in [-0.3, -0.25) is 4.79 Å². The number of hydrogen-bond acceptors (Lipinski definition) is 6. The number of carbonyl (C=O) groups is 1. The predicted molar refractivity (Wildman–Crippen MR) is 112 cm³/mol. The normalized spacial score (nSPS) is 11.6. The molecule has 0 aliphatic carbocycles. The molecule has 1 N–H and O–H groups in total. The van der Waals surface area contributed by atoms with Crippen molar-refractivity contribution in [3.8, 4) is 16.6 Å². The molecule has 4 heterocycles. The van der Waals surface area contributed by atoms with Gasteiger partial charge in [0, 0.05) is 4.88 Å². The fraction of sp³-hybridized carbons (Fsp3) is 0.200. The van der Waals surface area contributed by atoms with Crippen molar-refractivity contribution < 1.29 is 18.0 Å². The van der Waals surface area contributed by atoms with Crippen molar-refractivity contribution in [2.75, 3.05) is 5.32 Å². The van der Waals surface area contributed by atoms with Gasteiger partial charge in [0.2, 0.25) is 0 Å². The maximum atomic E-state index is 13.7. The molecule has 6 nitrogen and oxygen atoms in total. The zero-order chi connectivity index (χ0) is 22.3. The molecule has 0 radical (unpaired) electrons. The van der Waals surface area contributed by atoms with Crippen molar-refractivity contribution in [3.63, 3.8) is 0 Å². The molecule has 0 unspecified atom stereocenters.